The van der Waals surface area contributed by atoms with Gasteiger partial charge in [-0.15, -0.1) is 11.3 Å². The zero-order chi connectivity index (χ0) is 20.5. The van der Waals surface area contributed by atoms with Crippen LogP contribution < -0.4 is 5.32 Å². The van der Waals surface area contributed by atoms with Crippen molar-refractivity contribution < 1.29 is 1.43 Å². The number of hydrogen-bond acceptors (Lipinski definition) is 5. The van der Waals surface area contributed by atoms with E-state index in [0.29, 0.717) is 5.95 Å². The summed E-state index contributed by atoms with van der Waals surface area (Å²) in [7, 11) is 0. The summed E-state index contributed by atoms with van der Waals surface area (Å²) >= 11 is 1.82. The number of anilines is 1. The lowest BCUT2D eigenvalue weighted by Crippen LogP contribution is -2.10. The molecule has 0 spiro atoms. The van der Waals surface area contributed by atoms with Gasteiger partial charge < -0.3 is 5.32 Å². The molecule has 0 saturated heterocycles. The lowest BCUT2D eigenvalue weighted by Gasteiger charge is -2.14. The normalized spacial score (nSPS) is 12.2. The van der Waals surface area contributed by atoms with Crippen molar-refractivity contribution in [1.82, 2.24) is 19.5 Å². The van der Waals surface area contributed by atoms with Crippen LogP contribution in [0.2, 0.25) is 0 Å². The lowest BCUT2D eigenvalue weighted by molar-refractivity contribution is 0.852. The molecule has 5 rings (SSSR count). The topological polar surface area (TPSA) is 55.6 Å². The molecule has 5 aromatic rings. The second kappa shape index (κ2) is 7.72. The molecule has 0 fully saturated rings. The summed E-state index contributed by atoms with van der Waals surface area (Å²) < 4.78 is 1.98. The molecular weight excluding hydrogens is 390 g/mol. The molecule has 0 aliphatic rings. The predicted octanol–water partition coefficient (Wildman–Crippen LogP) is 6.27. The fourth-order valence-electron chi connectivity index (χ4n) is 3.64. The Morgan fingerprint density at radius 3 is 2.67 bits per heavy atom. The highest BCUT2D eigenvalue weighted by atomic mass is 32.1. The number of aromatic nitrogens is 4. The number of thiophene rings is 1. The first-order valence-corrected chi connectivity index (χ1v) is 10.7. The zero-order valence-electron chi connectivity index (χ0n) is 16.8. The monoisotopic (exact) mass is 413 g/mol. The van der Waals surface area contributed by atoms with Crippen molar-refractivity contribution in [2.24, 2.45) is 0 Å². The minimum atomic E-state index is 0. The van der Waals surface area contributed by atoms with Crippen LogP contribution in [0.4, 0.5) is 5.95 Å². The standard InChI is InChI=1S/C24H21N5S.H2/c1-16(19-14-22(30-17(19)2)18-8-4-3-5-9-18)27-24-25-13-12-23(28-24)29-15-26-20-10-6-7-11-21(20)29;/h3-16H,1-2H3,(H,25,27,28);1H. The molecule has 3 aromatic heterocycles. The third kappa shape index (κ3) is 3.46. The Labute approximate surface area is 180 Å². The fourth-order valence-corrected chi connectivity index (χ4v) is 4.76. The second-order valence-electron chi connectivity index (χ2n) is 7.20. The van der Waals surface area contributed by atoms with E-state index in [-0.39, 0.29) is 7.47 Å². The molecule has 6 heteroatoms. The Kier molecular flexibility index (Phi) is 4.77. The van der Waals surface area contributed by atoms with Gasteiger partial charge in [0, 0.05) is 17.4 Å². The SMILES string of the molecule is Cc1sc(-c2ccccc2)cc1C(C)Nc1nccc(-n2cnc3ccccc32)n1.[HH]. The van der Waals surface area contributed by atoms with Crippen LogP contribution in [0.3, 0.4) is 0 Å². The highest BCUT2D eigenvalue weighted by molar-refractivity contribution is 7.15. The minimum absolute atomic E-state index is 0. The van der Waals surface area contributed by atoms with Crippen molar-refractivity contribution in [1.29, 1.82) is 0 Å². The van der Waals surface area contributed by atoms with Gasteiger partial charge >= 0.3 is 0 Å². The van der Waals surface area contributed by atoms with E-state index in [0.717, 1.165) is 16.9 Å². The highest BCUT2D eigenvalue weighted by Gasteiger charge is 2.15. The van der Waals surface area contributed by atoms with Crippen LogP contribution in [0.5, 0.6) is 0 Å². The Hall–Kier alpha value is -3.51. The zero-order valence-corrected chi connectivity index (χ0v) is 17.6. The van der Waals surface area contributed by atoms with Gasteiger partial charge in [0.1, 0.15) is 12.1 Å². The van der Waals surface area contributed by atoms with E-state index < -0.39 is 0 Å². The molecule has 2 aromatic carbocycles. The Bertz CT molecular complexity index is 1310. The van der Waals surface area contributed by atoms with Crippen molar-refractivity contribution in [3.8, 4) is 16.3 Å². The maximum absolute atomic E-state index is 4.73. The van der Waals surface area contributed by atoms with E-state index >= 15 is 0 Å². The second-order valence-corrected chi connectivity index (χ2v) is 8.45. The number of aryl methyl sites for hydroxylation is 1. The quantitative estimate of drug-likeness (QED) is 0.369. The third-order valence-electron chi connectivity index (χ3n) is 5.17. The van der Waals surface area contributed by atoms with Gasteiger partial charge in [0.25, 0.3) is 0 Å². The van der Waals surface area contributed by atoms with Gasteiger partial charge in [-0.25, -0.2) is 9.97 Å². The summed E-state index contributed by atoms with van der Waals surface area (Å²) in [6.07, 6.45) is 3.58. The Morgan fingerprint density at radius 2 is 1.80 bits per heavy atom. The summed E-state index contributed by atoms with van der Waals surface area (Å²) in [4.78, 5) is 16.2. The molecule has 1 unspecified atom stereocenters. The molecule has 3 heterocycles. The van der Waals surface area contributed by atoms with Crippen molar-refractivity contribution in [3.63, 3.8) is 0 Å². The molecule has 0 aliphatic heterocycles. The van der Waals surface area contributed by atoms with E-state index in [4.69, 9.17) is 4.98 Å². The van der Waals surface area contributed by atoms with E-state index in [1.807, 2.05) is 52.3 Å². The van der Waals surface area contributed by atoms with Crippen molar-refractivity contribution in [2.75, 3.05) is 5.32 Å². The molecule has 150 valence electrons. The van der Waals surface area contributed by atoms with E-state index in [1.54, 1.807) is 12.5 Å². The molecule has 1 atom stereocenters. The van der Waals surface area contributed by atoms with Crippen LogP contribution in [0.15, 0.2) is 79.3 Å². The summed E-state index contributed by atoms with van der Waals surface area (Å²) in [5.74, 6) is 1.39. The van der Waals surface area contributed by atoms with Crippen LogP contribution in [-0.4, -0.2) is 19.5 Å². The molecule has 0 radical (unpaired) electrons. The number of rotatable bonds is 5. The average Bonchev–Trinajstić information content (AvgIpc) is 3.38. The van der Waals surface area contributed by atoms with Crippen LogP contribution in [0.25, 0.3) is 27.3 Å². The molecular formula is C24H23N5S. The summed E-state index contributed by atoms with van der Waals surface area (Å²) in [5, 5.41) is 3.46. The summed E-state index contributed by atoms with van der Waals surface area (Å²) in [6, 6.07) is 22.8. The van der Waals surface area contributed by atoms with Gasteiger partial charge in [-0.2, -0.15) is 4.98 Å². The number of benzene rings is 2. The Morgan fingerprint density at radius 1 is 1.00 bits per heavy atom. The first kappa shape index (κ1) is 18.5. The van der Waals surface area contributed by atoms with Gasteiger partial charge in [0.15, 0.2) is 0 Å². The first-order valence-electron chi connectivity index (χ1n) is 9.87. The number of imidazole rings is 1. The molecule has 0 bridgehead atoms. The maximum Gasteiger partial charge on any atom is 0.225 e. The number of nitrogens with zero attached hydrogens (tertiary/aromatic N) is 4. The van der Waals surface area contributed by atoms with Crippen LogP contribution in [0.1, 0.15) is 24.8 Å². The van der Waals surface area contributed by atoms with Gasteiger partial charge in [-0.1, -0.05) is 42.5 Å². The number of fused-ring (bicyclic) bond motifs is 1. The maximum atomic E-state index is 4.73. The average molecular weight is 414 g/mol. The van der Waals surface area contributed by atoms with E-state index in [1.165, 1.54) is 20.9 Å². The van der Waals surface area contributed by atoms with Gasteiger partial charge in [0.2, 0.25) is 5.95 Å². The summed E-state index contributed by atoms with van der Waals surface area (Å²) in [6.45, 7) is 4.31. The fraction of sp³-hybridized carbons (Fsp3) is 0.125. The molecule has 0 saturated carbocycles. The molecule has 1 N–H and O–H groups in total. The van der Waals surface area contributed by atoms with Crippen molar-refractivity contribution >= 4 is 28.3 Å². The van der Waals surface area contributed by atoms with Crippen LogP contribution in [0, 0.1) is 6.92 Å². The van der Waals surface area contributed by atoms with Crippen molar-refractivity contribution in [2.45, 2.75) is 19.9 Å². The number of hydrogen-bond donors (Lipinski definition) is 1. The Balaban J connectivity index is 0.00000231. The van der Waals surface area contributed by atoms with E-state index in [9.17, 15) is 0 Å². The highest BCUT2D eigenvalue weighted by Crippen LogP contribution is 2.34. The van der Waals surface area contributed by atoms with Crippen molar-refractivity contribution in [3.05, 3.63) is 89.7 Å². The third-order valence-corrected chi connectivity index (χ3v) is 6.28. The molecule has 0 aliphatic carbocycles. The van der Waals surface area contributed by atoms with Crippen LogP contribution in [-0.2, 0) is 0 Å². The molecule has 30 heavy (non-hydrogen) atoms. The minimum Gasteiger partial charge on any atom is -0.348 e. The molecule has 5 nitrogen and oxygen atoms in total. The van der Waals surface area contributed by atoms with E-state index in [2.05, 4.69) is 59.5 Å². The van der Waals surface area contributed by atoms with Gasteiger partial charge in [-0.05, 0) is 49.2 Å². The molecule has 0 amide bonds. The van der Waals surface area contributed by atoms with Gasteiger partial charge in [0.05, 0.1) is 17.1 Å². The number of nitrogens with one attached hydrogen (secondary N) is 1. The van der Waals surface area contributed by atoms with Gasteiger partial charge in [-0.3, -0.25) is 4.57 Å². The van der Waals surface area contributed by atoms with Crippen LogP contribution >= 0.6 is 11.3 Å². The first-order chi connectivity index (χ1) is 14.7. The predicted molar refractivity (Wildman–Crippen MR) is 125 cm³/mol. The lowest BCUT2D eigenvalue weighted by atomic mass is 10.1. The number of para-hydroxylation sites is 2. The summed E-state index contributed by atoms with van der Waals surface area (Å²) in [5.41, 5.74) is 4.48. The largest absolute Gasteiger partial charge is 0.348 e. The smallest absolute Gasteiger partial charge is 0.225 e.